The Morgan fingerprint density at radius 1 is 1.09 bits per heavy atom. The molecular formula is C24H26F3N3O3. The quantitative estimate of drug-likeness (QED) is 0.623. The molecule has 2 aromatic carbocycles. The minimum Gasteiger partial charge on any atom is -0.463 e. The number of benzene rings is 2. The number of carbonyl (C=O) groups excluding carboxylic acids is 2. The van der Waals surface area contributed by atoms with Gasteiger partial charge in [-0.05, 0) is 37.2 Å². The van der Waals surface area contributed by atoms with Crippen LogP contribution < -0.4 is 5.32 Å². The normalized spacial score (nSPS) is 16.8. The average molecular weight is 461 g/mol. The van der Waals surface area contributed by atoms with E-state index in [1.165, 1.54) is 17.0 Å². The van der Waals surface area contributed by atoms with Gasteiger partial charge >= 0.3 is 18.2 Å². The lowest BCUT2D eigenvalue weighted by Gasteiger charge is -2.36. The van der Waals surface area contributed by atoms with Gasteiger partial charge in [0.2, 0.25) is 0 Å². The molecular weight excluding hydrogens is 435 g/mol. The van der Waals surface area contributed by atoms with Gasteiger partial charge in [-0.1, -0.05) is 42.5 Å². The summed E-state index contributed by atoms with van der Waals surface area (Å²) < 4.78 is 44.2. The molecule has 176 valence electrons. The van der Waals surface area contributed by atoms with Crippen LogP contribution in [0.2, 0.25) is 0 Å². The third-order valence-electron chi connectivity index (χ3n) is 5.36. The highest BCUT2D eigenvalue weighted by Crippen LogP contribution is 2.34. The number of urea groups is 1. The summed E-state index contributed by atoms with van der Waals surface area (Å²) in [5, 5.41) is 2.71. The van der Waals surface area contributed by atoms with Crippen LogP contribution in [0.5, 0.6) is 0 Å². The number of amides is 2. The summed E-state index contributed by atoms with van der Waals surface area (Å²) in [5.74, 6) is -0.627. The van der Waals surface area contributed by atoms with E-state index in [0.717, 1.165) is 17.7 Å². The average Bonchev–Trinajstić information content (AvgIpc) is 2.77. The van der Waals surface area contributed by atoms with Crippen molar-refractivity contribution < 1.29 is 27.5 Å². The number of esters is 1. The molecule has 6 nitrogen and oxygen atoms in total. The van der Waals surface area contributed by atoms with E-state index < -0.39 is 29.8 Å². The van der Waals surface area contributed by atoms with Crippen LogP contribution in [0.25, 0.3) is 0 Å². The van der Waals surface area contributed by atoms with Crippen molar-refractivity contribution in [2.24, 2.45) is 0 Å². The van der Waals surface area contributed by atoms with Crippen molar-refractivity contribution in [1.29, 1.82) is 0 Å². The van der Waals surface area contributed by atoms with Gasteiger partial charge in [0.25, 0.3) is 0 Å². The molecule has 0 fully saturated rings. The summed E-state index contributed by atoms with van der Waals surface area (Å²) in [4.78, 5) is 29.0. The summed E-state index contributed by atoms with van der Waals surface area (Å²) in [6.07, 6.45) is -4.49. The molecule has 1 unspecified atom stereocenters. The summed E-state index contributed by atoms with van der Waals surface area (Å²) in [6, 6.07) is 12.7. The number of nitrogens with zero attached hydrogens (tertiary/aromatic N) is 2. The summed E-state index contributed by atoms with van der Waals surface area (Å²) in [6.45, 7) is 2.61. The van der Waals surface area contributed by atoms with E-state index in [2.05, 4.69) is 5.32 Å². The van der Waals surface area contributed by atoms with E-state index in [4.69, 9.17) is 4.74 Å². The Balaban J connectivity index is 2.00. The highest BCUT2D eigenvalue weighted by atomic mass is 19.4. The van der Waals surface area contributed by atoms with Gasteiger partial charge in [0.15, 0.2) is 0 Å². The third kappa shape index (κ3) is 5.73. The molecule has 9 heteroatoms. The van der Waals surface area contributed by atoms with Crippen molar-refractivity contribution in [3.63, 3.8) is 0 Å². The zero-order chi connectivity index (χ0) is 24.2. The van der Waals surface area contributed by atoms with E-state index in [-0.39, 0.29) is 18.7 Å². The molecule has 33 heavy (non-hydrogen) atoms. The smallest absolute Gasteiger partial charge is 0.416 e. The lowest BCUT2D eigenvalue weighted by molar-refractivity contribution is -0.139. The van der Waals surface area contributed by atoms with Crippen LogP contribution in [0, 0.1) is 0 Å². The number of hydrogen-bond acceptors (Lipinski definition) is 4. The van der Waals surface area contributed by atoms with Crippen LogP contribution in [-0.2, 0) is 22.3 Å². The summed E-state index contributed by atoms with van der Waals surface area (Å²) >= 11 is 0. The van der Waals surface area contributed by atoms with Crippen LogP contribution in [0.3, 0.4) is 0 Å². The molecule has 0 bridgehead atoms. The molecule has 1 heterocycles. The maximum Gasteiger partial charge on any atom is 0.416 e. The first-order chi connectivity index (χ1) is 15.6. The number of carbonyl (C=O) groups is 2. The molecule has 1 aliphatic rings. The number of nitrogens with one attached hydrogen (secondary N) is 1. The summed E-state index contributed by atoms with van der Waals surface area (Å²) in [5.41, 5.74) is 1.23. The highest BCUT2D eigenvalue weighted by molar-refractivity contribution is 5.95. The van der Waals surface area contributed by atoms with Crippen molar-refractivity contribution >= 4 is 12.0 Å². The molecule has 1 atom stereocenters. The zero-order valence-corrected chi connectivity index (χ0v) is 18.6. The Labute approximate surface area is 190 Å². The minimum absolute atomic E-state index is 0.118. The Hall–Kier alpha value is -3.33. The molecule has 2 amide bonds. The number of ether oxygens (including phenoxy) is 1. The molecule has 0 spiro atoms. The predicted octanol–water partition coefficient (Wildman–Crippen LogP) is 4.35. The number of halogens is 3. The number of rotatable bonds is 7. The van der Waals surface area contributed by atoms with Crippen molar-refractivity contribution in [1.82, 2.24) is 15.1 Å². The van der Waals surface area contributed by atoms with Gasteiger partial charge in [0, 0.05) is 25.8 Å². The predicted molar refractivity (Wildman–Crippen MR) is 117 cm³/mol. The lowest BCUT2D eigenvalue weighted by Crippen LogP contribution is -2.49. The van der Waals surface area contributed by atoms with Crippen molar-refractivity contribution in [2.45, 2.75) is 25.7 Å². The fourth-order valence-electron chi connectivity index (χ4n) is 3.72. The second-order valence-corrected chi connectivity index (χ2v) is 7.80. The fourth-order valence-corrected chi connectivity index (χ4v) is 3.72. The van der Waals surface area contributed by atoms with Crippen molar-refractivity contribution in [3.8, 4) is 0 Å². The SMILES string of the molecule is CCOC(=O)C1=C(CN(C)Cc2ccccc2)N(C)C(=O)NC1c1ccc(C(F)(F)F)cc1. The number of hydrogen-bond donors (Lipinski definition) is 1. The second kappa shape index (κ2) is 10.1. The van der Waals surface area contributed by atoms with E-state index in [0.29, 0.717) is 17.8 Å². The van der Waals surface area contributed by atoms with E-state index >= 15 is 0 Å². The second-order valence-electron chi connectivity index (χ2n) is 7.80. The summed E-state index contributed by atoms with van der Waals surface area (Å²) in [7, 11) is 3.40. The minimum atomic E-state index is -4.49. The lowest BCUT2D eigenvalue weighted by atomic mass is 9.93. The highest BCUT2D eigenvalue weighted by Gasteiger charge is 2.37. The topological polar surface area (TPSA) is 61.9 Å². The molecule has 0 saturated carbocycles. The Morgan fingerprint density at radius 3 is 2.30 bits per heavy atom. The first-order valence-electron chi connectivity index (χ1n) is 10.5. The molecule has 0 aromatic heterocycles. The largest absolute Gasteiger partial charge is 0.463 e. The maximum atomic E-state index is 13.0. The number of likely N-dealkylation sites (N-methyl/N-ethyl adjacent to an activating group) is 2. The van der Waals surface area contributed by atoms with Gasteiger partial charge in [-0.2, -0.15) is 13.2 Å². The first kappa shape index (κ1) is 24.3. The Bertz CT molecular complexity index is 1020. The monoisotopic (exact) mass is 461 g/mol. The van der Waals surface area contributed by atoms with Crippen LogP contribution in [0.15, 0.2) is 65.9 Å². The van der Waals surface area contributed by atoms with Crippen molar-refractivity contribution in [2.75, 3.05) is 27.2 Å². The molecule has 0 aliphatic carbocycles. The van der Waals surface area contributed by atoms with Gasteiger partial charge in [-0.15, -0.1) is 0 Å². The van der Waals surface area contributed by atoms with Crippen LogP contribution >= 0.6 is 0 Å². The third-order valence-corrected chi connectivity index (χ3v) is 5.36. The van der Waals surface area contributed by atoms with Gasteiger partial charge in [-0.3, -0.25) is 9.80 Å². The van der Waals surface area contributed by atoms with Gasteiger partial charge in [0.05, 0.1) is 23.8 Å². The molecule has 2 aromatic rings. The maximum absolute atomic E-state index is 13.0. The number of alkyl halides is 3. The fraction of sp³-hybridized carbons (Fsp3) is 0.333. The Morgan fingerprint density at radius 2 is 1.73 bits per heavy atom. The molecule has 3 rings (SSSR count). The van der Waals surface area contributed by atoms with Gasteiger partial charge < -0.3 is 10.1 Å². The van der Waals surface area contributed by atoms with Gasteiger partial charge in [0.1, 0.15) is 0 Å². The van der Waals surface area contributed by atoms with Crippen LogP contribution in [0.1, 0.15) is 29.7 Å². The molecule has 0 radical (unpaired) electrons. The van der Waals surface area contributed by atoms with E-state index in [9.17, 15) is 22.8 Å². The van der Waals surface area contributed by atoms with Gasteiger partial charge in [-0.25, -0.2) is 9.59 Å². The van der Waals surface area contributed by atoms with E-state index in [1.807, 2.05) is 42.3 Å². The standard InChI is InChI=1S/C24H26F3N3O3/c1-4-33-22(31)20-19(15-29(2)14-16-8-6-5-7-9-16)30(3)23(32)28-21(20)17-10-12-18(13-11-17)24(25,26)27/h5-13,21H,4,14-15H2,1-3H3,(H,28,32). The molecule has 1 N–H and O–H groups in total. The van der Waals surface area contributed by atoms with E-state index in [1.54, 1.807) is 14.0 Å². The van der Waals surface area contributed by atoms with Crippen LogP contribution in [0.4, 0.5) is 18.0 Å². The zero-order valence-electron chi connectivity index (χ0n) is 18.6. The first-order valence-corrected chi connectivity index (χ1v) is 10.5. The Kier molecular flexibility index (Phi) is 7.43. The molecule has 1 aliphatic heterocycles. The van der Waals surface area contributed by atoms with Crippen molar-refractivity contribution in [3.05, 3.63) is 82.6 Å². The van der Waals surface area contributed by atoms with Crippen LogP contribution in [-0.4, -0.2) is 49.0 Å². The molecule has 0 saturated heterocycles.